The van der Waals surface area contributed by atoms with Crippen molar-refractivity contribution in [3.63, 3.8) is 0 Å². The third-order valence-corrected chi connectivity index (χ3v) is 5.15. The van der Waals surface area contributed by atoms with Crippen LogP contribution in [0.25, 0.3) is 20.5 Å². The Labute approximate surface area is 162 Å². The van der Waals surface area contributed by atoms with Gasteiger partial charge in [0.1, 0.15) is 11.5 Å². The standard InChI is InChI=1S/C22H22O4S/c1-3-5-21(23)25-17-10-7-15(8-11-17)19-13-16-9-12-18(14-20(16)27-19)26-22(24)6-4-2/h7-14H,3-6H2,1-2H3. The van der Waals surface area contributed by atoms with Gasteiger partial charge in [-0.25, -0.2) is 0 Å². The highest BCUT2D eigenvalue weighted by Gasteiger charge is 2.09. The van der Waals surface area contributed by atoms with Gasteiger partial charge in [0.2, 0.25) is 0 Å². The van der Waals surface area contributed by atoms with Gasteiger partial charge in [0.05, 0.1) is 0 Å². The van der Waals surface area contributed by atoms with Gasteiger partial charge < -0.3 is 9.47 Å². The second kappa shape index (κ2) is 8.82. The third-order valence-electron chi connectivity index (χ3n) is 4.00. The summed E-state index contributed by atoms with van der Waals surface area (Å²) < 4.78 is 11.7. The summed E-state index contributed by atoms with van der Waals surface area (Å²) in [5.74, 6) is 0.718. The topological polar surface area (TPSA) is 52.6 Å². The van der Waals surface area contributed by atoms with Gasteiger partial charge in [-0.15, -0.1) is 11.3 Å². The minimum absolute atomic E-state index is 0.207. The zero-order chi connectivity index (χ0) is 19.2. The molecule has 0 spiro atoms. The molecule has 0 unspecified atom stereocenters. The number of benzene rings is 2. The largest absolute Gasteiger partial charge is 0.427 e. The Hall–Kier alpha value is -2.66. The van der Waals surface area contributed by atoms with E-state index in [-0.39, 0.29) is 11.9 Å². The molecule has 0 atom stereocenters. The van der Waals surface area contributed by atoms with Gasteiger partial charge in [-0.2, -0.15) is 0 Å². The van der Waals surface area contributed by atoms with Crippen LogP contribution >= 0.6 is 11.3 Å². The van der Waals surface area contributed by atoms with E-state index >= 15 is 0 Å². The average Bonchev–Trinajstić information content (AvgIpc) is 3.06. The molecule has 2 aromatic carbocycles. The average molecular weight is 382 g/mol. The highest BCUT2D eigenvalue weighted by molar-refractivity contribution is 7.22. The van der Waals surface area contributed by atoms with Crippen LogP contribution in [0, 0.1) is 0 Å². The van der Waals surface area contributed by atoms with Crippen molar-refractivity contribution in [1.29, 1.82) is 0 Å². The number of fused-ring (bicyclic) bond motifs is 1. The van der Waals surface area contributed by atoms with E-state index in [1.54, 1.807) is 11.3 Å². The Morgan fingerprint density at radius 1 is 0.815 bits per heavy atom. The first-order chi connectivity index (χ1) is 13.1. The first-order valence-electron chi connectivity index (χ1n) is 9.14. The molecule has 1 heterocycles. The summed E-state index contributed by atoms with van der Waals surface area (Å²) in [5.41, 5.74) is 1.05. The normalized spacial score (nSPS) is 10.7. The lowest BCUT2D eigenvalue weighted by Crippen LogP contribution is -2.06. The molecule has 5 heteroatoms. The molecule has 0 saturated carbocycles. The minimum Gasteiger partial charge on any atom is -0.427 e. The van der Waals surface area contributed by atoms with Gasteiger partial charge >= 0.3 is 11.9 Å². The van der Waals surface area contributed by atoms with E-state index in [2.05, 4.69) is 6.07 Å². The fourth-order valence-electron chi connectivity index (χ4n) is 2.68. The first-order valence-corrected chi connectivity index (χ1v) is 9.96. The Morgan fingerprint density at radius 2 is 1.41 bits per heavy atom. The molecule has 0 bridgehead atoms. The zero-order valence-corrected chi connectivity index (χ0v) is 16.3. The number of carbonyl (C=O) groups is 2. The van der Waals surface area contributed by atoms with Crippen molar-refractivity contribution < 1.29 is 19.1 Å². The second-order valence-electron chi connectivity index (χ2n) is 6.28. The summed E-state index contributed by atoms with van der Waals surface area (Å²) in [6.45, 7) is 3.90. The number of esters is 2. The van der Waals surface area contributed by atoms with E-state index < -0.39 is 0 Å². The van der Waals surface area contributed by atoms with E-state index in [4.69, 9.17) is 9.47 Å². The summed E-state index contributed by atoms with van der Waals surface area (Å²) in [4.78, 5) is 24.4. The van der Waals surface area contributed by atoms with Crippen molar-refractivity contribution in [3.05, 3.63) is 48.5 Å². The molecule has 0 aliphatic rings. The number of carbonyl (C=O) groups excluding carboxylic acids is 2. The predicted molar refractivity (Wildman–Crippen MR) is 108 cm³/mol. The van der Waals surface area contributed by atoms with Crippen LogP contribution in [0.4, 0.5) is 0 Å². The molecular formula is C22H22O4S. The molecule has 0 aliphatic heterocycles. The summed E-state index contributed by atoms with van der Waals surface area (Å²) in [6.07, 6.45) is 2.38. The van der Waals surface area contributed by atoms with Crippen LogP contribution in [0.15, 0.2) is 48.5 Å². The van der Waals surface area contributed by atoms with Crippen LogP contribution in [0.5, 0.6) is 11.5 Å². The van der Waals surface area contributed by atoms with E-state index in [0.29, 0.717) is 24.3 Å². The number of rotatable bonds is 7. The van der Waals surface area contributed by atoms with Crippen molar-refractivity contribution in [3.8, 4) is 21.9 Å². The lowest BCUT2D eigenvalue weighted by molar-refractivity contribution is -0.135. The quantitative estimate of drug-likeness (QED) is 0.373. The van der Waals surface area contributed by atoms with Gasteiger partial charge in [0.25, 0.3) is 0 Å². The van der Waals surface area contributed by atoms with Gasteiger partial charge in [-0.05, 0) is 72.3 Å². The molecule has 4 nitrogen and oxygen atoms in total. The highest BCUT2D eigenvalue weighted by Crippen LogP contribution is 2.36. The van der Waals surface area contributed by atoms with E-state index in [9.17, 15) is 9.59 Å². The molecule has 0 radical (unpaired) electrons. The van der Waals surface area contributed by atoms with Crippen LogP contribution in [0.1, 0.15) is 39.5 Å². The summed E-state index contributed by atoms with van der Waals surface area (Å²) in [5, 5.41) is 1.10. The van der Waals surface area contributed by atoms with Crippen LogP contribution in [-0.4, -0.2) is 11.9 Å². The van der Waals surface area contributed by atoms with Gasteiger partial charge in [-0.1, -0.05) is 13.8 Å². The molecule has 0 aliphatic carbocycles. The van der Waals surface area contributed by atoms with Crippen LogP contribution in [0.2, 0.25) is 0 Å². The third kappa shape index (κ3) is 4.95. The van der Waals surface area contributed by atoms with Crippen LogP contribution in [-0.2, 0) is 9.59 Å². The van der Waals surface area contributed by atoms with Gasteiger partial charge in [0.15, 0.2) is 0 Å². The molecule has 0 N–H and O–H groups in total. The molecule has 3 aromatic rings. The second-order valence-corrected chi connectivity index (χ2v) is 7.37. The number of ether oxygens (including phenoxy) is 2. The SMILES string of the molecule is CCCC(=O)Oc1ccc(-c2cc3ccc(OC(=O)CCC)cc3s2)cc1. The molecule has 1 aromatic heterocycles. The smallest absolute Gasteiger partial charge is 0.311 e. The number of thiophene rings is 1. The Kier molecular flexibility index (Phi) is 6.24. The van der Waals surface area contributed by atoms with Crippen molar-refractivity contribution >= 4 is 33.4 Å². The maximum absolute atomic E-state index is 11.7. The lowest BCUT2D eigenvalue weighted by Gasteiger charge is -2.04. The van der Waals surface area contributed by atoms with E-state index in [1.807, 2.05) is 56.3 Å². The minimum atomic E-state index is -0.211. The van der Waals surface area contributed by atoms with Crippen LogP contribution < -0.4 is 9.47 Å². The van der Waals surface area contributed by atoms with E-state index in [0.717, 1.165) is 33.4 Å². The number of hydrogen-bond acceptors (Lipinski definition) is 5. The van der Waals surface area contributed by atoms with Crippen molar-refractivity contribution in [2.45, 2.75) is 39.5 Å². The summed E-state index contributed by atoms with van der Waals surface area (Å²) in [7, 11) is 0. The van der Waals surface area contributed by atoms with Gasteiger partial charge in [0, 0.05) is 22.4 Å². The molecule has 27 heavy (non-hydrogen) atoms. The van der Waals surface area contributed by atoms with Crippen molar-refractivity contribution in [1.82, 2.24) is 0 Å². The number of hydrogen-bond donors (Lipinski definition) is 0. The molecule has 140 valence electrons. The van der Waals surface area contributed by atoms with Gasteiger partial charge in [-0.3, -0.25) is 9.59 Å². The molecule has 0 fully saturated rings. The monoisotopic (exact) mass is 382 g/mol. The summed E-state index contributed by atoms with van der Waals surface area (Å²) in [6, 6.07) is 15.3. The molecule has 0 amide bonds. The molecule has 3 rings (SSSR count). The fourth-order valence-corrected chi connectivity index (χ4v) is 3.77. The Balaban J connectivity index is 1.76. The summed E-state index contributed by atoms with van der Waals surface area (Å²) >= 11 is 1.63. The Bertz CT molecular complexity index is 941. The van der Waals surface area contributed by atoms with Crippen molar-refractivity contribution in [2.24, 2.45) is 0 Å². The Morgan fingerprint density at radius 3 is 2.04 bits per heavy atom. The predicted octanol–water partition coefficient (Wildman–Crippen LogP) is 5.98. The fraction of sp³-hybridized carbons (Fsp3) is 0.273. The van der Waals surface area contributed by atoms with Crippen LogP contribution in [0.3, 0.4) is 0 Å². The van der Waals surface area contributed by atoms with Crippen molar-refractivity contribution in [2.75, 3.05) is 0 Å². The zero-order valence-electron chi connectivity index (χ0n) is 15.5. The lowest BCUT2D eigenvalue weighted by atomic mass is 10.1. The maximum Gasteiger partial charge on any atom is 0.311 e. The highest BCUT2D eigenvalue weighted by atomic mass is 32.1. The first kappa shape index (κ1) is 19.1. The molecular weight excluding hydrogens is 360 g/mol. The molecule has 0 saturated heterocycles. The van der Waals surface area contributed by atoms with E-state index in [1.165, 1.54) is 0 Å². The maximum atomic E-state index is 11.7.